The quantitative estimate of drug-likeness (QED) is 0.339. The van der Waals surface area contributed by atoms with Crippen molar-refractivity contribution in [1.29, 1.82) is 0 Å². The molecule has 0 bridgehead atoms. The lowest BCUT2D eigenvalue weighted by Gasteiger charge is -2.27. The van der Waals surface area contributed by atoms with Crippen LogP contribution in [0.2, 0.25) is 0 Å². The van der Waals surface area contributed by atoms with Gasteiger partial charge < -0.3 is 14.8 Å². The molecular formula is C28H33N3O3S. The van der Waals surface area contributed by atoms with E-state index in [1.807, 2.05) is 75.5 Å². The Morgan fingerprint density at radius 3 is 2.49 bits per heavy atom. The third-order valence-corrected chi connectivity index (χ3v) is 6.60. The number of nitrogens with one attached hydrogen (secondary N) is 1. The Morgan fingerprint density at radius 1 is 1.06 bits per heavy atom. The Kier molecular flexibility index (Phi) is 7.82. The molecular weight excluding hydrogens is 458 g/mol. The summed E-state index contributed by atoms with van der Waals surface area (Å²) in [5.41, 5.74) is 3.75. The highest BCUT2D eigenvalue weighted by Gasteiger charge is 2.19. The summed E-state index contributed by atoms with van der Waals surface area (Å²) in [4.78, 5) is 23.8. The number of hydrogen-bond acceptors (Lipinski definition) is 6. The third kappa shape index (κ3) is 6.64. The van der Waals surface area contributed by atoms with Crippen molar-refractivity contribution in [2.24, 2.45) is 0 Å². The van der Waals surface area contributed by atoms with Gasteiger partial charge in [-0.1, -0.05) is 54.6 Å². The molecule has 6 nitrogen and oxygen atoms in total. The van der Waals surface area contributed by atoms with Gasteiger partial charge in [0.25, 0.3) is 5.56 Å². The molecule has 0 saturated carbocycles. The van der Waals surface area contributed by atoms with Crippen molar-refractivity contribution in [3.05, 3.63) is 87.3 Å². The highest BCUT2D eigenvalue weighted by molar-refractivity contribution is 7.17. The zero-order chi connectivity index (χ0) is 25.0. The average Bonchev–Trinajstić information content (AvgIpc) is 3.22. The van der Waals surface area contributed by atoms with E-state index in [0.717, 1.165) is 27.1 Å². The van der Waals surface area contributed by atoms with E-state index in [1.165, 1.54) is 11.3 Å². The molecule has 2 aromatic carbocycles. The number of aromatic nitrogens is 2. The highest BCUT2D eigenvalue weighted by Crippen LogP contribution is 2.32. The minimum atomic E-state index is -0.664. The molecule has 0 saturated heterocycles. The Morgan fingerprint density at radius 2 is 1.77 bits per heavy atom. The molecule has 1 atom stereocenters. The number of H-pyrrole nitrogens is 1. The van der Waals surface area contributed by atoms with Gasteiger partial charge in [0.1, 0.15) is 10.7 Å². The second kappa shape index (κ2) is 10.8. The van der Waals surface area contributed by atoms with Gasteiger partial charge in [-0.05, 0) is 44.4 Å². The predicted octanol–water partition coefficient (Wildman–Crippen LogP) is 5.14. The van der Waals surface area contributed by atoms with E-state index in [0.29, 0.717) is 30.8 Å². The molecule has 0 aliphatic carbocycles. The molecule has 2 N–H and O–H groups in total. The summed E-state index contributed by atoms with van der Waals surface area (Å²) in [7, 11) is 0. The van der Waals surface area contributed by atoms with E-state index in [1.54, 1.807) is 0 Å². The lowest BCUT2D eigenvalue weighted by atomic mass is 10.0. The molecule has 0 radical (unpaired) electrons. The lowest BCUT2D eigenvalue weighted by molar-refractivity contribution is -0.0574. The maximum atomic E-state index is 13.2. The SMILES string of the molecule is Cc1ccccc1-c1csc2nc(CN(Cc3ccccc3)C[C@@H](O)COC(C)(C)C)[nH]c(=O)c12. The monoisotopic (exact) mass is 491 g/mol. The second-order valence-electron chi connectivity index (χ2n) is 9.89. The number of thiophene rings is 1. The average molecular weight is 492 g/mol. The zero-order valence-corrected chi connectivity index (χ0v) is 21.6. The van der Waals surface area contributed by atoms with E-state index in [2.05, 4.69) is 22.0 Å². The molecule has 0 aliphatic rings. The number of fused-ring (bicyclic) bond motifs is 1. The summed E-state index contributed by atoms with van der Waals surface area (Å²) in [5.74, 6) is 0.584. The van der Waals surface area contributed by atoms with E-state index >= 15 is 0 Å². The maximum absolute atomic E-state index is 13.2. The maximum Gasteiger partial charge on any atom is 0.260 e. The number of aryl methyl sites for hydroxylation is 1. The van der Waals surface area contributed by atoms with Gasteiger partial charge in [0.15, 0.2) is 0 Å². The summed E-state index contributed by atoms with van der Waals surface area (Å²) in [6, 6.07) is 18.1. The molecule has 7 heteroatoms. The topological polar surface area (TPSA) is 78.5 Å². The largest absolute Gasteiger partial charge is 0.389 e. The van der Waals surface area contributed by atoms with Crippen LogP contribution >= 0.6 is 11.3 Å². The van der Waals surface area contributed by atoms with Crippen molar-refractivity contribution in [2.75, 3.05) is 13.2 Å². The molecule has 35 heavy (non-hydrogen) atoms. The van der Waals surface area contributed by atoms with Crippen molar-refractivity contribution in [1.82, 2.24) is 14.9 Å². The van der Waals surface area contributed by atoms with Crippen LogP contribution in [0.3, 0.4) is 0 Å². The first-order valence-electron chi connectivity index (χ1n) is 11.8. The molecule has 0 unspecified atom stereocenters. The summed E-state index contributed by atoms with van der Waals surface area (Å²) in [6.07, 6.45) is -0.664. The Labute approximate surface area is 210 Å². The van der Waals surface area contributed by atoms with Crippen molar-refractivity contribution in [3.63, 3.8) is 0 Å². The van der Waals surface area contributed by atoms with E-state index in [4.69, 9.17) is 9.72 Å². The molecule has 0 aliphatic heterocycles. The van der Waals surface area contributed by atoms with Gasteiger partial charge in [0.2, 0.25) is 0 Å². The van der Waals surface area contributed by atoms with Crippen LogP contribution in [0.4, 0.5) is 0 Å². The Balaban J connectivity index is 1.59. The van der Waals surface area contributed by atoms with Crippen LogP contribution in [0.1, 0.15) is 37.7 Å². The van der Waals surface area contributed by atoms with Gasteiger partial charge >= 0.3 is 0 Å². The molecule has 0 amide bonds. The fourth-order valence-corrected chi connectivity index (χ4v) is 5.03. The molecule has 184 valence electrons. The number of aliphatic hydroxyl groups excluding tert-OH is 1. The fraction of sp³-hybridized carbons (Fsp3) is 0.357. The summed E-state index contributed by atoms with van der Waals surface area (Å²) in [6.45, 7) is 9.62. The van der Waals surface area contributed by atoms with Gasteiger partial charge in [-0.15, -0.1) is 11.3 Å². The Bertz CT molecular complexity index is 1320. The zero-order valence-electron chi connectivity index (χ0n) is 20.7. The van der Waals surface area contributed by atoms with Crippen LogP contribution in [0.5, 0.6) is 0 Å². The molecule has 2 aromatic heterocycles. The number of ether oxygens (including phenoxy) is 1. The van der Waals surface area contributed by atoms with E-state index < -0.39 is 6.10 Å². The minimum absolute atomic E-state index is 0.138. The van der Waals surface area contributed by atoms with Crippen LogP contribution in [0, 0.1) is 6.92 Å². The van der Waals surface area contributed by atoms with E-state index in [9.17, 15) is 9.90 Å². The number of aromatic amines is 1. The van der Waals surface area contributed by atoms with Gasteiger partial charge in [0, 0.05) is 24.0 Å². The summed E-state index contributed by atoms with van der Waals surface area (Å²) >= 11 is 1.48. The van der Waals surface area contributed by atoms with Crippen molar-refractivity contribution >= 4 is 21.6 Å². The molecule has 4 rings (SSSR count). The standard InChI is InChI=1S/C28H33N3O3S/c1-19-10-8-9-13-22(19)23-18-35-27-25(23)26(33)29-24(30-27)16-31(14-20-11-6-5-7-12-20)15-21(32)17-34-28(2,3)4/h5-13,18,21,32H,14-17H2,1-4H3,(H,29,30,33)/t21-/m1/s1. The fourth-order valence-electron chi connectivity index (χ4n) is 4.08. The van der Waals surface area contributed by atoms with Gasteiger partial charge in [-0.2, -0.15) is 0 Å². The van der Waals surface area contributed by atoms with Crippen molar-refractivity contribution in [2.45, 2.75) is 52.5 Å². The van der Waals surface area contributed by atoms with Gasteiger partial charge in [0.05, 0.1) is 30.2 Å². The van der Waals surface area contributed by atoms with Gasteiger partial charge in [-0.3, -0.25) is 9.69 Å². The molecule has 0 spiro atoms. The van der Waals surface area contributed by atoms with Crippen LogP contribution in [0.25, 0.3) is 21.3 Å². The predicted molar refractivity (Wildman–Crippen MR) is 143 cm³/mol. The number of aliphatic hydroxyl groups is 1. The first kappa shape index (κ1) is 25.3. The molecule has 4 aromatic rings. The first-order chi connectivity index (χ1) is 16.7. The number of hydrogen-bond donors (Lipinski definition) is 2. The summed E-state index contributed by atoms with van der Waals surface area (Å²) in [5, 5.41) is 13.3. The number of nitrogens with zero attached hydrogens (tertiary/aromatic N) is 2. The van der Waals surface area contributed by atoms with Crippen molar-refractivity contribution in [3.8, 4) is 11.1 Å². The lowest BCUT2D eigenvalue weighted by Crippen LogP contribution is -2.37. The Hall–Kier alpha value is -2.84. The van der Waals surface area contributed by atoms with E-state index in [-0.39, 0.29) is 17.8 Å². The third-order valence-electron chi connectivity index (χ3n) is 5.73. The number of benzene rings is 2. The highest BCUT2D eigenvalue weighted by atomic mass is 32.1. The minimum Gasteiger partial charge on any atom is -0.389 e. The van der Waals surface area contributed by atoms with Crippen LogP contribution in [-0.4, -0.2) is 44.8 Å². The second-order valence-corrected chi connectivity index (χ2v) is 10.7. The van der Waals surface area contributed by atoms with Crippen LogP contribution < -0.4 is 5.56 Å². The molecule has 0 fully saturated rings. The van der Waals surface area contributed by atoms with Crippen molar-refractivity contribution < 1.29 is 9.84 Å². The molecule has 2 heterocycles. The van der Waals surface area contributed by atoms with Crippen LogP contribution in [-0.2, 0) is 17.8 Å². The normalized spacial score (nSPS) is 13.0. The van der Waals surface area contributed by atoms with Crippen LogP contribution in [0.15, 0.2) is 64.8 Å². The summed E-state index contributed by atoms with van der Waals surface area (Å²) < 4.78 is 5.78. The smallest absolute Gasteiger partial charge is 0.260 e. The first-order valence-corrected chi connectivity index (χ1v) is 12.7. The van der Waals surface area contributed by atoms with Gasteiger partial charge in [-0.25, -0.2) is 4.98 Å². The number of rotatable bonds is 9.